The van der Waals surface area contributed by atoms with Gasteiger partial charge in [0.1, 0.15) is 11.5 Å². The number of likely N-dealkylation sites (N-methyl/N-ethyl adjacent to an activating group) is 1. The van der Waals surface area contributed by atoms with Crippen LogP contribution in [0.5, 0.6) is 0 Å². The van der Waals surface area contributed by atoms with Gasteiger partial charge in [-0.15, -0.1) is 11.3 Å². The van der Waals surface area contributed by atoms with Crippen molar-refractivity contribution in [3.63, 3.8) is 0 Å². The molecule has 8 heteroatoms. The average Bonchev–Trinajstić information content (AvgIpc) is 3.02. The summed E-state index contributed by atoms with van der Waals surface area (Å²) in [6.07, 6.45) is 2.32. The van der Waals surface area contributed by atoms with Gasteiger partial charge in [-0.05, 0) is 24.8 Å². The SMILES string of the molecule is CCC(CC)C(=O)N1CCc2c(sc3c2C(=O)N(C)CC(=O)N3CCOC)C1. The molecule has 0 aliphatic carbocycles. The zero-order chi connectivity index (χ0) is 20.4. The van der Waals surface area contributed by atoms with Crippen LogP contribution in [0.1, 0.15) is 47.5 Å². The number of amides is 3. The van der Waals surface area contributed by atoms with Crippen molar-refractivity contribution in [1.29, 1.82) is 0 Å². The normalized spacial score (nSPS) is 17.1. The van der Waals surface area contributed by atoms with Gasteiger partial charge in [0.15, 0.2) is 0 Å². The molecule has 2 aliphatic rings. The number of rotatable bonds is 6. The third kappa shape index (κ3) is 3.67. The highest BCUT2D eigenvalue weighted by atomic mass is 32.1. The Morgan fingerprint density at radius 2 is 1.93 bits per heavy atom. The maximum Gasteiger partial charge on any atom is 0.257 e. The molecule has 1 aromatic heterocycles. The second-order valence-corrected chi connectivity index (χ2v) is 8.49. The van der Waals surface area contributed by atoms with E-state index >= 15 is 0 Å². The monoisotopic (exact) mass is 407 g/mol. The molecule has 0 atom stereocenters. The Morgan fingerprint density at radius 1 is 1.21 bits per heavy atom. The second kappa shape index (κ2) is 8.61. The Kier molecular flexibility index (Phi) is 6.40. The summed E-state index contributed by atoms with van der Waals surface area (Å²) in [6, 6.07) is 0. The Morgan fingerprint density at radius 3 is 2.57 bits per heavy atom. The average molecular weight is 408 g/mol. The third-order valence-corrected chi connectivity index (χ3v) is 6.92. The smallest absolute Gasteiger partial charge is 0.257 e. The number of fused-ring (bicyclic) bond motifs is 3. The first-order chi connectivity index (χ1) is 13.4. The molecule has 3 heterocycles. The summed E-state index contributed by atoms with van der Waals surface area (Å²) in [7, 11) is 3.26. The van der Waals surface area contributed by atoms with Crippen LogP contribution in [0.15, 0.2) is 0 Å². The Balaban J connectivity index is 1.96. The van der Waals surface area contributed by atoms with E-state index < -0.39 is 0 Å². The van der Waals surface area contributed by atoms with E-state index in [9.17, 15) is 14.4 Å². The number of carbonyl (C=O) groups excluding carboxylic acids is 3. The standard InChI is InChI=1S/C20H29N3O4S/c1-5-13(6-2)18(25)22-8-7-14-15(11-22)28-20-17(14)19(26)21(3)12-16(24)23(20)9-10-27-4/h13H,5-12H2,1-4H3. The van der Waals surface area contributed by atoms with Crippen molar-refractivity contribution < 1.29 is 19.1 Å². The van der Waals surface area contributed by atoms with Crippen LogP contribution < -0.4 is 4.90 Å². The fourth-order valence-electron chi connectivity index (χ4n) is 3.96. The van der Waals surface area contributed by atoms with E-state index in [1.165, 1.54) is 16.2 Å². The van der Waals surface area contributed by atoms with E-state index in [0.717, 1.165) is 23.3 Å². The van der Waals surface area contributed by atoms with Crippen LogP contribution in [0.25, 0.3) is 0 Å². The summed E-state index contributed by atoms with van der Waals surface area (Å²) in [6.45, 7) is 6.12. The summed E-state index contributed by atoms with van der Waals surface area (Å²) >= 11 is 1.48. The second-order valence-electron chi connectivity index (χ2n) is 7.41. The van der Waals surface area contributed by atoms with Gasteiger partial charge in [-0.1, -0.05) is 13.8 Å². The molecule has 0 radical (unpaired) electrons. The molecule has 0 fully saturated rings. The van der Waals surface area contributed by atoms with Crippen molar-refractivity contribution >= 4 is 34.1 Å². The van der Waals surface area contributed by atoms with E-state index in [2.05, 4.69) is 0 Å². The molecular formula is C20H29N3O4S. The third-order valence-electron chi connectivity index (χ3n) is 5.68. The number of anilines is 1. The molecule has 2 aliphatic heterocycles. The highest BCUT2D eigenvalue weighted by molar-refractivity contribution is 7.17. The predicted octanol–water partition coefficient (Wildman–Crippen LogP) is 2.13. The molecular weight excluding hydrogens is 378 g/mol. The Labute approximate surface area is 170 Å². The topological polar surface area (TPSA) is 70.2 Å². The number of methoxy groups -OCH3 is 1. The van der Waals surface area contributed by atoms with Crippen LogP contribution in [0.4, 0.5) is 5.00 Å². The van der Waals surface area contributed by atoms with Gasteiger partial charge in [0, 0.05) is 31.5 Å². The van der Waals surface area contributed by atoms with Crippen LogP contribution >= 0.6 is 11.3 Å². The van der Waals surface area contributed by atoms with Crippen molar-refractivity contribution in [2.75, 3.05) is 45.3 Å². The summed E-state index contributed by atoms with van der Waals surface area (Å²) in [5.41, 5.74) is 1.64. The van der Waals surface area contributed by atoms with E-state index in [-0.39, 0.29) is 30.2 Å². The van der Waals surface area contributed by atoms with Crippen molar-refractivity contribution in [1.82, 2.24) is 9.80 Å². The minimum absolute atomic E-state index is 0.0480. The number of nitrogens with zero attached hydrogens (tertiary/aromatic N) is 3. The van der Waals surface area contributed by atoms with Crippen LogP contribution in [0.3, 0.4) is 0 Å². The number of thiophene rings is 1. The first-order valence-electron chi connectivity index (χ1n) is 9.90. The highest BCUT2D eigenvalue weighted by Crippen LogP contribution is 2.41. The van der Waals surface area contributed by atoms with Crippen molar-refractivity contribution in [3.05, 3.63) is 16.0 Å². The van der Waals surface area contributed by atoms with E-state index in [0.29, 0.717) is 43.2 Å². The minimum atomic E-state index is -0.111. The summed E-state index contributed by atoms with van der Waals surface area (Å²) < 4.78 is 5.16. The number of hydrogen-bond donors (Lipinski definition) is 0. The van der Waals surface area contributed by atoms with Gasteiger partial charge >= 0.3 is 0 Å². The van der Waals surface area contributed by atoms with Gasteiger partial charge in [0.05, 0.1) is 25.3 Å². The molecule has 7 nitrogen and oxygen atoms in total. The van der Waals surface area contributed by atoms with Gasteiger partial charge in [-0.25, -0.2) is 0 Å². The van der Waals surface area contributed by atoms with Crippen LogP contribution in [0.2, 0.25) is 0 Å². The van der Waals surface area contributed by atoms with Crippen molar-refractivity contribution in [2.24, 2.45) is 5.92 Å². The zero-order valence-electron chi connectivity index (χ0n) is 17.1. The Bertz CT molecular complexity index is 772. The highest BCUT2D eigenvalue weighted by Gasteiger charge is 2.37. The van der Waals surface area contributed by atoms with Gasteiger partial charge < -0.3 is 14.5 Å². The lowest BCUT2D eigenvalue weighted by Crippen LogP contribution is -2.40. The van der Waals surface area contributed by atoms with E-state index in [1.54, 1.807) is 19.1 Å². The fraction of sp³-hybridized carbons (Fsp3) is 0.650. The Hall–Kier alpha value is -1.93. The first-order valence-corrected chi connectivity index (χ1v) is 10.7. The fourth-order valence-corrected chi connectivity index (χ4v) is 5.35. The van der Waals surface area contributed by atoms with Crippen molar-refractivity contribution in [2.45, 2.75) is 39.7 Å². The van der Waals surface area contributed by atoms with Crippen LogP contribution in [-0.4, -0.2) is 67.9 Å². The largest absolute Gasteiger partial charge is 0.383 e. The molecule has 154 valence electrons. The molecule has 28 heavy (non-hydrogen) atoms. The van der Waals surface area contributed by atoms with Gasteiger partial charge in [0.25, 0.3) is 5.91 Å². The van der Waals surface area contributed by atoms with E-state index in [4.69, 9.17) is 4.74 Å². The molecule has 0 N–H and O–H groups in total. The predicted molar refractivity (Wildman–Crippen MR) is 109 cm³/mol. The van der Waals surface area contributed by atoms with Crippen LogP contribution in [0, 0.1) is 5.92 Å². The molecule has 0 aromatic carbocycles. The summed E-state index contributed by atoms with van der Waals surface area (Å²) in [5, 5.41) is 0.707. The van der Waals surface area contributed by atoms with Gasteiger partial charge in [0.2, 0.25) is 11.8 Å². The lowest BCUT2D eigenvalue weighted by molar-refractivity contribution is -0.136. The summed E-state index contributed by atoms with van der Waals surface area (Å²) in [4.78, 5) is 44.6. The van der Waals surface area contributed by atoms with Gasteiger partial charge in [-0.2, -0.15) is 0 Å². The molecule has 0 bridgehead atoms. The molecule has 3 rings (SSSR count). The molecule has 3 amide bonds. The molecule has 0 unspecified atom stereocenters. The molecule has 0 saturated heterocycles. The summed E-state index contributed by atoms with van der Waals surface area (Å²) in [5.74, 6) is 0.0256. The lowest BCUT2D eigenvalue weighted by Gasteiger charge is -2.30. The number of carbonyl (C=O) groups is 3. The molecule has 0 spiro atoms. The maximum absolute atomic E-state index is 13.0. The number of ether oxygens (including phenoxy) is 1. The zero-order valence-corrected chi connectivity index (χ0v) is 17.9. The minimum Gasteiger partial charge on any atom is -0.383 e. The van der Waals surface area contributed by atoms with E-state index in [1.807, 2.05) is 18.7 Å². The number of hydrogen-bond acceptors (Lipinski definition) is 5. The quantitative estimate of drug-likeness (QED) is 0.724. The first kappa shape index (κ1) is 20.8. The van der Waals surface area contributed by atoms with Crippen LogP contribution in [-0.2, 0) is 27.3 Å². The lowest BCUT2D eigenvalue weighted by atomic mass is 9.98. The maximum atomic E-state index is 13.0. The molecule has 1 aromatic rings. The molecule has 0 saturated carbocycles. The van der Waals surface area contributed by atoms with Gasteiger partial charge in [-0.3, -0.25) is 19.3 Å². The van der Waals surface area contributed by atoms with Crippen molar-refractivity contribution in [3.8, 4) is 0 Å².